The SMILES string of the molecule is Cc1cc(Nc2nccc3ncn(C(C)C)c23)c(F)cn1. The Balaban J connectivity index is 2.12. The number of hydrogen-bond acceptors (Lipinski definition) is 4. The largest absolute Gasteiger partial charge is 0.336 e. The maximum atomic E-state index is 13.9. The number of anilines is 2. The van der Waals surface area contributed by atoms with Crippen molar-refractivity contribution in [3.8, 4) is 0 Å². The van der Waals surface area contributed by atoms with Crippen LogP contribution in [0.5, 0.6) is 0 Å². The van der Waals surface area contributed by atoms with Gasteiger partial charge in [0, 0.05) is 17.9 Å². The Kier molecular flexibility index (Phi) is 3.29. The van der Waals surface area contributed by atoms with E-state index in [1.165, 1.54) is 6.20 Å². The average Bonchev–Trinajstić information content (AvgIpc) is 2.88. The molecule has 0 atom stereocenters. The van der Waals surface area contributed by atoms with Gasteiger partial charge >= 0.3 is 0 Å². The second-order valence-electron chi connectivity index (χ2n) is 5.20. The monoisotopic (exact) mass is 285 g/mol. The lowest BCUT2D eigenvalue weighted by molar-refractivity contribution is 0.617. The van der Waals surface area contributed by atoms with Crippen LogP contribution in [0, 0.1) is 12.7 Å². The summed E-state index contributed by atoms with van der Waals surface area (Å²) in [6.45, 7) is 5.95. The highest BCUT2D eigenvalue weighted by atomic mass is 19.1. The number of nitrogens with zero attached hydrogens (tertiary/aromatic N) is 4. The van der Waals surface area contributed by atoms with Gasteiger partial charge in [0.2, 0.25) is 0 Å². The Morgan fingerprint density at radius 1 is 1.24 bits per heavy atom. The predicted octanol–water partition coefficient (Wildman–Crippen LogP) is 3.60. The number of rotatable bonds is 3. The molecule has 1 N–H and O–H groups in total. The fourth-order valence-corrected chi connectivity index (χ4v) is 2.23. The molecular weight excluding hydrogens is 269 g/mol. The highest BCUT2D eigenvalue weighted by Gasteiger charge is 2.13. The molecule has 0 aliphatic carbocycles. The van der Waals surface area contributed by atoms with Gasteiger partial charge in [-0.05, 0) is 32.9 Å². The van der Waals surface area contributed by atoms with Crippen molar-refractivity contribution in [3.63, 3.8) is 0 Å². The van der Waals surface area contributed by atoms with Crippen molar-refractivity contribution in [1.82, 2.24) is 19.5 Å². The Bertz CT molecular complexity index is 794. The van der Waals surface area contributed by atoms with Gasteiger partial charge in [-0.3, -0.25) is 4.98 Å². The molecular formula is C15H16FN5. The minimum Gasteiger partial charge on any atom is -0.336 e. The first kappa shape index (κ1) is 13.5. The van der Waals surface area contributed by atoms with Crippen molar-refractivity contribution in [1.29, 1.82) is 0 Å². The van der Waals surface area contributed by atoms with E-state index in [9.17, 15) is 4.39 Å². The van der Waals surface area contributed by atoms with Gasteiger partial charge < -0.3 is 9.88 Å². The summed E-state index contributed by atoms with van der Waals surface area (Å²) in [7, 11) is 0. The van der Waals surface area contributed by atoms with Crippen molar-refractivity contribution in [3.05, 3.63) is 42.4 Å². The summed E-state index contributed by atoms with van der Waals surface area (Å²) in [4.78, 5) is 12.6. The van der Waals surface area contributed by atoms with E-state index < -0.39 is 5.82 Å². The fourth-order valence-electron chi connectivity index (χ4n) is 2.23. The van der Waals surface area contributed by atoms with Gasteiger partial charge in [-0.1, -0.05) is 0 Å². The van der Waals surface area contributed by atoms with E-state index in [1.807, 2.05) is 17.6 Å². The Hall–Kier alpha value is -2.50. The van der Waals surface area contributed by atoms with Crippen molar-refractivity contribution in [2.45, 2.75) is 26.8 Å². The number of imidazole rings is 1. The first-order valence-corrected chi connectivity index (χ1v) is 6.77. The molecule has 0 bridgehead atoms. The molecule has 3 rings (SSSR count). The normalized spacial score (nSPS) is 11.3. The van der Waals surface area contributed by atoms with Crippen LogP contribution in [0.3, 0.4) is 0 Å². The lowest BCUT2D eigenvalue weighted by Gasteiger charge is -2.13. The van der Waals surface area contributed by atoms with Crippen LogP contribution in [0.15, 0.2) is 30.9 Å². The summed E-state index contributed by atoms with van der Waals surface area (Å²) >= 11 is 0. The van der Waals surface area contributed by atoms with Gasteiger partial charge in [0.1, 0.15) is 5.52 Å². The molecule has 0 amide bonds. The van der Waals surface area contributed by atoms with E-state index in [2.05, 4.69) is 34.1 Å². The topological polar surface area (TPSA) is 55.6 Å². The molecule has 5 nitrogen and oxygen atoms in total. The molecule has 0 radical (unpaired) electrons. The van der Waals surface area contributed by atoms with Crippen LogP contribution in [-0.4, -0.2) is 19.5 Å². The van der Waals surface area contributed by atoms with Gasteiger partial charge in [-0.2, -0.15) is 0 Å². The molecule has 0 saturated heterocycles. The summed E-state index contributed by atoms with van der Waals surface area (Å²) in [5.41, 5.74) is 2.79. The van der Waals surface area contributed by atoms with Crippen LogP contribution in [-0.2, 0) is 0 Å². The number of hydrogen-bond donors (Lipinski definition) is 1. The van der Waals surface area contributed by atoms with E-state index in [0.29, 0.717) is 11.5 Å². The summed E-state index contributed by atoms with van der Waals surface area (Å²) < 4.78 is 15.9. The second kappa shape index (κ2) is 5.12. The third-order valence-corrected chi connectivity index (χ3v) is 3.28. The highest BCUT2D eigenvalue weighted by Crippen LogP contribution is 2.27. The van der Waals surface area contributed by atoms with Crippen LogP contribution >= 0.6 is 0 Å². The first-order chi connectivity index (χ1) is 10.1. The Labute approximate surface area is 121 Å². The van der Waals surface area contributed by atoms with Crippen LogP contribution < -0.4 is 5.32 Å². The molecule has 0 aliphatic rings. The Morgan fingerprint density at radius 3 is 2.81 bits per heavy atom. The zero-order valence-corrected chi connectivity index (χ0v) is 12.1. The zero-order valence-electron chi connectivity index (χ0n) is 12.1. The molecule has 21 heavy (non-hydrogen) atoms. The van der Waals surface area contributed by atoms with Crippen LogP contribution in [0.2, 0.25) is 0 Å². The lowest BCUT2D eigenvalue weighted by atomic mass is 10.3. The zero-order chi connectivity index (χ0) is 15.0. The van der Waals surface area contributed by atoms with E-state index >= 15 is 0 Å². The maximum Gasteiger partial charge on any atom is 0.164 e. The van der Waals surface area contributed by atoms with Crippen molar-refractivity contribution >= 4 is 22.5 Å². The van der Waals surface area contributed by atoms with Crippen molar-refractivity contribution in [2.75, 3.05) is 5.32 Å². The number of nitrogens with one attached hydrogen (secondary N) is 1. The van der Waals surface area contributed by atoms with E-state index in [0.717, 1.165) is 16.7 Å². The summed E-state index contributed by atoms with van der Waals surface area (Å²) in [6.07, 6.45) is 4.64. The molecule has 3 heterocycles. The van der Waals surface area contributed by atoms with E-state index in [1.54, 1.807) is 18.6 Å². The first-order valence-electron chi connectivity index (χ1n) is 6.77. The number of aryl methyl sites for hydroxylation is 1. The minimum absolute atomic E-state index is 0.240. The van der Waals surface area contributed by atoms with Crippen LogP contribution in [0.4, 0.5) is 15.9 Å². The van der Waals surface area contributed by atoms with Gasteiger partial charge in [0.15, 0.2) is 11.6 Å². The van der Waals surface area contributed by atoms with Gasteiger partial charge in [0.25, 0.3) is 0 Å². The average molecular weight is 285 g/mol. The molecule has 0 unspecified atom stereocenters. The molecule has 0 saturated carbocycles. The summed E-state index contributed by atoms with van der Waals surface area (Å²) in [5, 5.41) is 3.05. The molecule has 3 aromatic rings. The molecule has 0 aliphatic heterocycles. The smallest absolute Gasteiger partial charge is 0.164 e. The predicted molar refractivity (Wildman–Crippen MR) is 80.1 cm³/mol. The van der Waals surface area contributed by atoms with E-state index in [-0.39, 0.29) is 6.04 Å². The van der Waals surface area contributed by atoms with Crippen LogP contribution in [0.25, 0.3) is 11.0 Å². The maximum absolute atomic E-state index is 13.9. The molecule has 6 heteroatoms. The number of fused-ring (bicyclic) bond motifs is 1. The minimum atomic E-state index is -0.407. The molecule has 0 aromatic carbocycles. The van der Waals surface area contributed by atoms with Crippen LogP contribution in [0.1, 0.15) is 25.6 Å². The summed E-state index contributed by atoms with van der Waals surface area (Å²) in [6, 6.07) is 3.74. The molecule has 108 valence electrons. The third-order valence-electron chi connectivity index (χ3n) is 3.28. The standard InChI is InChI=1S/C15H16FN5/c1-9(2)21-8-19-12-4-5-17-15(14(12)21)20-13-6-10(3)18-7-11(13)16/h4-9H,1-3H3,(H,17,18,20). The van der Waals surface area contributed by atoms with Crippen molar-refractivity contribution < 1.29 is 4.39 Å². The number of pyridine rings is 2. The van der Waals surface area contributed by atoms with Gasteiger partial charge in [-0.15, -0.1) is 0 Å². The number of aromatic nitrogens is 4. The lowest BCUT2D eigenvalue weighted by Crippen LogP contribution is -2.04. The van der Waals surface area contributed by atoms with E-state index in [4.69, 9.17) is 0 Å². The quantitative estimate of drug-likeness (QED) is 0.799. The molecule has 3 aromatic heterocycles. The summed E-state index contributed by atoms with van der Waals surface area (Å²) in [5.74, 6) is 0.179. The third kappa shape index (κ3) is 2.44. The second-order valence-corrected chi connectivity index (χ2v) is 5.20. The van der Waals surface area contributed by atoms with Gasteiger partial charge in [-0.25, -0.2) is 14.4 Å². The fraction of sp³-hybridized carbons (Fsp3) is 0.267. The van der Waals surface area contributed by atoms with Crippen molar-refractivity contribution in [2.24, 2.45) is 0 Å². The number of halogens is 1. The highest BCUT2D eigenvalue weighted by molar-refractivity contribution is 5.88. The Morgan fingerprint density at radius 2 is 2.05 bits per heavy atom. The van der Waals surface area contributed by atoms with Gasteiger partial charge in [0.05, 0.1) is 23.7 Å². The molecule has 0 fully saturated rings. The molecule has 0 spiro atoms.